The summed E-state index contributed by atoms with van der Waals surface area (Å²) in [6.07, 6.45) is 5.27. The lowest BCUT2D eigenvalue weighted by Crippen LogP contribution is -2.15. The fourth-order valence-electron chi connectivity index (χ4n) is 2.30. The molecule has 0 bridgehead atoms. The Hall–Kier alpha value is -2.15. The van der Waals surface area contributed by atoms with Crippen molar-refractivity contribution in [3.63, 3.8) is 0 Å². The number of aliphatic imine (C=N–C) groups is 2. The first-order chi connectivity index (χ1) is 13.1. The van der Waals surface area contributed by atoms with Gasteiger partial charge in [0.05, 0.1) is 13.2 Å². The van der Waals surface area contributed by atoms with Gasteiger partial charge in [0.15, 0.2) is 0 Å². The third-order valence-corrected chi connectivity index (χ3v) is 3.84. The van der Waals surface area contributed by atoms with Crippen molar-refractivity contribution in [1.82, 2.24) is 5.32 Å². The maximum atomic E-state index is 11.5. The second kappa shape index (κ2) is 14.0. The van der Waals surface area contributed by atoms with Crippen molar-refractivity contribution in [2.24, 2.45) is 9.98 Å². The summed E-state index contributed by atoms with van der Waals surface area (Å²) >= 11 is 3.19. The van der Waals surface area contributed by atoms with E-state index in [0.717, 1.165) is 23.3 Å². The molecule has 0 saturated carbocycles. The van der Waals surface area contributed by atoms with Crippen LogP contribution in [0.3, 0.4) is 0 Å². The predicted molar refractivity (Wildman–Crippen MR) is 114 cm³/mol. The normalized spacial score (nSPS) is 11.9. The fourth-order valence-corrected chi connectivity index (χ4v) is 2.43. The number of nitrogens with one attached hydrogen (secondary N) is 1. The Morgan fingerprint density at radius 2 is 2.19 bits per heavy atom. The molecule has 0 aliphatic heterocycles. The van der Waals surface area contributed by atoms with E-state index in [-0.39, 0.29) is 5.97 Å². The van der Waals surface area contributed by atoms with Crippen molar-refractivity contribution in [3.05, 3.63) is 40.5 Å². The minimum atomic E-state index is -0.161. The monoisotopic (exact) mass is 437 g/mol. The molecule has 0 spiro atoms. The van der Waals surface area contributed by atoms with E-state index < -0.39 is 0 Å². The van der Waals surface area contributed by atoms with E-state index in [4.69, 9.17) is 9.47 Å². The Bertz CT molecular complexity index is 672. The minimum Gasteiger partial charge on any atom is -0.494 e. The Labute approximate surface area is 169 Å². The highest BCUT2D eigenvalue weighted by Crippen LogP contribution is 2.19. The first kappa shape index (κ1) is 22.9. The lowest BCUT2D eigenvalue weighted by molar-refractivity contribution is -0.143. The van der Waals surface area contributed by atoms with E-state index in [1.54, 1.807) is 17.4 Å². The molecule has 0 aromatic heterocycles. The zero-order chi connectivity index (χ0) is 19.9. The number of ether oxygens (including phenoxy) is 2. The van der Waals surface area contributed by atoms with Crippen LogP contribution in [0.4, 0.5) is 0 Å². The number of benzene rings is 1. The van der Waals surface area contributed by atoms with Crippen LogP contribution in [0, 0.1) is 6.92 Å². The molecule has 0 unspecified atom stereocenters. The van der Waals surface area contributed by atoms with Crippen LogP contribution in [0.2, 0.25) is 0 Å². The molecule has 0 fully saturated rings. The number of rotatable bonds is 10. The van der Waals surface area contributed by atoms with Gasteiger partial charge >= 0.3 is 5.97 Å². The molecular formula is C20H28BrN3O3. The van der Waals surface area contributed by atoms with E-state index in [0.29, 0.717) is 38.6 Å². The molecule has 1 N–H and O–H groups in total. The largest absolute Gasteiger partial charge is 0.494 e. The lowest BCUT2D eigenvalue weighted by Gasteiger charge is -2.10. The van der Waals surface area contributed by atoms with Gasteiger partial charge in [0, 0.05) is 31.8 Å². The SMILES string of the molecule is C/C=N\C(=NCCCOc1ccc(CCC(=O)OCC)c(C)c1)N/C=C/Br. The van der Waals surface area contributed by atoms with Gasteiger partial charge in [0.2, 0.25) is 5.96 Å². The van der Waals surface area contributed by atoms with Crippen LogP contribution in [0.5, 0.6) is 5.75 Å². The molecule has 27 heavy (non-hydrogen) atoms. The highest BCUT2D eigenvalue weighted by atomic mass is 79.9. The first-order valence-electron chi connectivity index (χ1n) is 9.03. The van der Waals surface area contributed by atoms with E-state index in [1.807, 2.05) is 39.0 Å². The van der Waals surface area contributed by atoms with Gasteiger partial charge in [0.1, 0.15) is 5.75 Å². The van der Waals surface area contributed by atoms with Gasteiger partial charge in [-0.1, -0.05) is 22.0 Å². The number of nitrogens with zero attached hydrogens (tertiary/aromatic N) is 2. The molecule has 148 valence electrons. The number of guanidine groups is 1. The summed E-state index contributed by atoms with van der Waals surface area (Å²) in [5.74, 6) is 1.23. The Morgan fingerprint density at radius 1 is 1.37 bits per heavy atom. The number of carbonyl (C=O) groups is 1. The van der Waals surface area contributed by atoms with Crippen LogP contribution in [0.1, 0.15) is 37.8 Å². The maximum Gasteiger partial charge on any atom is 0.306 e. The van der Waals surface area contributed by atoms with Crippen LogP contribution >= 0.6 is 15.9 Å². The third kappa shape index (κ3) is 9.94. The van der Waals surface area contributed by atoms with Gasteiger partial charge in [-0.05, 0) is 55.4 Å². The average molecular weight is 438 g/mol. The molecule has 0 amide bonds. The molecule has 1 rings (SSSR count). The molecule has 1 aromatic carbocycles. The third-order valence-electron chi connectivity index (χ3n) is 3.58. The van der Waals surface area contributed by atoms with Crippen LogP contribution in [0.25, 0.3) is 0 Å². The Balaban J connectivity index is 2.42. The van der Waals surface area contributed by atoms with Gasteiger partial charge in [-0.3, -0.25) is 9.79 Å². The van der Waals surface area contributed by atoms with Crippen molar-refractivity contribution in [2.75, 3.05) is 19.8 Å². The Morgan fingerprint density at radius 3 is 2.85 bits per heavy atom. The summed E-state index contributed by atoms with van der Waals surface area (Å²) in [6.45, 7) is 7.29. The van der Waals surface area contributed by atoms with Crippen molar-refractivity contribution < 1.29 is 14.3 Å². The quantitative estimate of drug-likeness (QED) is 0.258. The van der Waals surface area contributed by atoms with Crippen LogP contribution in [0.15, 0.2) is 39.4 Å². The zero-order valence-electron chi connectivity index (χ0n) is 16.2. The highest BCUT2D eigenvalue weighted by molar-refractivity contribution is 9.11. The summed E-state index contributed by atoms with van der Waals surface area (Å²) in [6, 6.07) is 5.94. The van der Waals surface area contributed by atoms with Gasteiger partial charge in [-0.15, -0.1) is 0 Å². The highest BCUT2D eigenvalue weighted by Gasteiger charge is 2.06. The summed E-state index contributed by atoms with van der Waals surface area (Å²) in [4.78, 5) is 21.7. The van der Waals surface area contributed by atoms with Gasteiger partial charge in [-0.2, -0.15) is 0 Å². The topological polar surface area (TPSA) is 72.3 Å². The minimum absolute atomic E-state index is 0.161. The van der Waals surface area contributed by atoms with Crippen molar-refractivity contribution >= 4 is 34.1 Å². The van der Waals surface area contributed by atoms with Crippen molar-refractivity contribution in [3.8, 4) is 5.75 Å². The van der Waals surface area contributed by atoms with Crippen molar-refractivity contribution in [1.29, 1.82) is 0 Å². The van der Waals surface area contributed by atoms with E-state index in [2.05, 4.69) is 31.2 Å². The van der Waals surface area contributed by atoms with Crippen LogP contribution in [-0.2, 0) is 16.0 Å². The standard InChI is InChI=1S/C20H28BrN3O3/c1-4-22-20(24-13-11-21)23-12-6-14-27-18-9-7-17(16(3)15-18)8-10-19(25)26-5-2/h4,7,9,11,13,15H,5-6,8,10,12,14H2,1-3H3,(H,23,24)/b13-11+,22-4-. The summed E-state index contributed by atoms with van der Waals surface area (Å²) < 4.78 is 10.8. The molecule has 0 saturated heterocycles. The number of hydrogen-bond donors (Lipinski definition) is 1. The molecule has 6 nitrogen and oxygen atoms in total. The molecule has 0 aliphatic rings. The summed E-state index contributed by atoms with van der Waals surface area (Å²) in [5, 5.41) is 2.97. The lowest BCUT2D eigenvalue weighted by atomic mass is 10.0. The van der Waals surface area contributed by atoms with Crippen LogP contribution < -0.4 is 10.1 Å². The summed E-state index contributed by atoms with van der Waals surface area (Å²) in [7, 11) is 0. The first-order valence-corrected chi connectivity index (χ1v) is 9.95. The van der Waals surface area contributed by atoms with Gasteiger partial charge in [-0.25, -0.2) is 4.99 Å². The number of halogens is 1. The van der Waals surface area contributed by atoms with Gasteiger partial charge in [0.25, 0.3) is 0 Å². The van der Waals surface area contributed by atoms with Gasteiger partial charge < -0.3 is 14.8 Å². The molecule has 1 aromatic rings. The molecule has 0 heterocycles. The summed E-state index contributed by atoms with van der Waals surface area (Å²) in [5.41, 5.74) is 2.24. The average Bonchev–Trinajstić information content (AvgIpc) is 2.65. The molecule has 0 radical (unpaired) electrons. The van der Waals surface area contributed by atoms with E-state index >= 15 is 0 Å². The van der Waals surface area contributed by atoms with E-state index in [9.17, 15) is 4.79 Å². The second-order valence-electron chi connectivity index (χ2n) is 5.62. The smallest absolute Gasteiger partial charge is 0.306 e. The maximum absolute atomic E-state index is 11.5. The molecule has 0 aliphatic carbocycles. The number of aryl methyl sites for hydroxylation is 2. The Kier molecular flexibility index (Phi) is 11.8. The predicted octanol–water partition coefficient (Wildman–Crippen LogP) is 4.16. The number of hydrogen-bond acceptors (Lipinski definition) is 4. The molecule has 0 atom stereocenters. The molecule has 7 heteroatoms. The second-order valence-corrected chi connectivity index (χ2v) is 6.15. The zero-order valence-corrected chi connectivity index (χ0v) is 17.8. The van der Waals surface area contributed by atoms with Crippen LogP contribution in [-0.4, -0.2) is 37.9 Å². The fraction of sp³-hybridized carbons (Fsp3) is 0.450. The van der Waals surface area contributed by atoms with Crippen molar-refractivity contribution in [2.45, 2.75) is 40.0 Å². The molecular weight excluding hydrogens is 410 g/mol. The van der Waals surface area contributed by atoms with E-state index in [1.165, 1.54) is 0 Å². The number of carbonyl (C=O) groups excluding carboxylic acids is 1. The number of esters is 1.